The van der Waals surface area contributed by atoms with Crippen LogP contribution in [0.4, 0.5) is 22.9 Å². The van der Waals surface area contributed by atoms with Crippen molar-refractivity contribution < 1.29 is 9.59 Å². The maximum Gasteiger partial charge on any atom is 0.276 e. The topological polar surface area (TPSA) is 87.2 Å². The van der Waals surface area contributed by atoms with E-state index in [1.165, 1.54) is 6.92 Å². The molecule has 2 aromatic carbocycles. The van der Waals surface area contributed by atoms with E-state index in [9.17, 15) is 9.59 Å². The molecule has 1 amide bonds. The highest BCUT2D eigenvalue weighted by atomic mass is 16.2. The average Bonchev–Trinajstić information content (AvgIpc) is 2.69. The normalized spacial score (nSPS) is 10.2. The van der Waals surface area contributed by atoms with Gasteiger partial charge in [0.15, 0.2) is 17.3 Å². The van der Waals surface area contributed by atoms with Gasteiger partial charge in [-0.15, -0.1) is 10.2 Å². The molecule has 0 radical (unpaired) electrons. The van der Waals surface area contributed by atoms with E-state index in [4.69, 9.17) is 0 Å². The fraction of sp³-hybridized carbons (Fsp3) is 0.143. The molecule has 0 saturated carbocycles. The van der Waals surface area contributed by atoms with Gasteiger partial charge in [0.2, 0.25) is 0 Å². The lowest BCUT2D eigenvalue weighted by molar-refractivity contribution is 0.100. The van der Waals surface area contributed by atoms with Crippen molar-refractivity contribution in [2.45, 2.75) is 6.92 Å². The number of carbonyl (C=O) groups excluding carboxylic acids is 2. The van der Waals surface area contributed by atoms with Crippen LogP contribution < -0.4 is 15.5 Å². The number of Topliss-reactive ketones (excluding diaryl/α,β-unsaturated/α-hetero) is 1. The molecule has 28 heavy (non-hydrogen) atoms. The summed E-state index contributed by atoms with van der Waals surface area (Å²) in [6.45, 7) is 1.48. The van der Waals surface area contributed by atoms with E-state index in [1.807, 2.05) is 43.3 Å². The number of nitrogens with zero attached hydrogens (tertiary/aromatic N) is 3. The van der Waals surface area contributed by atoms with Gasteiger partial charge in [-0.05, 0) is 55.5 Å². The summed E-state index contributed by atoms with van der Waals surface area (Å²) in [5, 5.41) is 13.9. The standard InChI is InChI=1S/C21H21N5O2/c1-14(27)15-5-4-6-17(13-15)23-21(28)19-11-12-20(25-24-19)22-16-7-9-18(10-8-16)26(2)3/h4-13H,1-3H3,(H,22,25)(H,23,28). The number of nitrogens with one attached hydrogen (secondary N) is 2. The van der Waals surface area contributed by atoms with Crippen LogP contribution in [0, 0.1) is 0 Å². The highest BCUT2D eigenvalue weighted by molar-refractivity contribution is 6.03. The number of amides is 1. The predicted molar refractivity (Wildman–Crippen MR) is 110 cm³/mol. The number of aromatic nitrogens is 2. The maximum absolute atomic E-state index is 12.3. The number of hydrogen-bond acceptors (Lipinski definition) is 6. The smallest absolute Gasteiger partial charge is 0.276 e. The molecular weight excluding hydrogens is 354 g/mol. The first-order valence-electron chi connectivity index (χ1n) is 8.73. The third-order valence-corrected chi connectivity index (χ3v) is 4.08. The molecule has 1 aromatic heterocycles. The molecule has 1 heterocycles. The molecule has 0 unspecified atom stereocenters. The predicted octanol–water partition coefficient (Wildman–Crippen LogP) is 3.74. The number of benzene rings is 2. The number of ketones is 1. The Morgan fingerprint density at radius 2 is 1.64 bits per heavy atom. The average molecular weight is 375 g/mol. The molecule has 0 fully saturated rings. The van der Waals surface area contributed by atoms with E-state index >= 15 is 0 Å². The van der Waals surface area contributed by atoms with Crippen LogP contribution in [0.3, 0.4) is 0 Å². The van der Waals surface area contributed by atoms with E-state index in [0.29, 0.717) is 17.1 Å². The summed E-state index contributed by atoms with van der Waals surface area (Å²) in [5.74, 6) is 0.0766. The zero-order valence-electron chi connectivity index (χ0n) is 15.9. The van der Waals surface area contributed by atoms with Crippen molar-refractivity contribution in [3.05, 3.63) is 71.9 Å². The van der Waals surface area contributed by atoms with Gasteiger partial charge in [-0.3, -0.25) is 9.59 Å². The van der Waals surface area contributed by atoms with E-state index in [0.717, 1.165) is 11.4 Å². The van der Waals surface area contributed by atoms with Gasteiger partial charge in [-0.2, -0.15) is 0 Å². The van der Waals surface area contributed by atoms with Gasteiger partial charge >= 0.3 is 0 Å². The molecular formula is C21H21N5O2. The minimum Gasteiger partial charge on any atom is -0.378 e. The Balaban J connectivity index is 1.65. The van der Waals surface area contributed by atoms with Crippen LogP contribution in [0.1, 0.15) is 27.8 Å². The largest absolute Gasteiger partial charge is 0.378 e. The lowest BCUT2D eigenvalue weighted by atomic mass is 10.1. The van der Waals surface area contributed by atoms with Crippen molar-refractivity contribution >= 4 is 34.6 Å². The molecule has 2 N–H and O–H groups in total. The summed E-state index contributed by atoms with van der Waals surface area (Å²) in [6.07, 6.45) is 0. The Kier molecular flexibility index (Phi) is 5.64. The highest BCUT2D eigenvalue weighted by Gasteiger charge is 2.10. The zero-order chi connectivity index (χ0) is 20.1. The minimum absolute atomic E-state index is 0.0649. The molecule has 0 aliphatic carbocycles. The molecule has 0 saturated heterocycles. The monoisotopic (exact) mass is 375 g/mol. The van der Waals surface area contributed by atoms with E-state index < -0.39 is 5.91 Å². The minimum atomic E-state index is -0.393. The number of rotatable bonds is 6. The first-order valence-corrected chi connectivity index (χ1v) is 8.73. The number of carbonyl (C=O) groups is 2. The van der Waals surface area contributed by atoms with Crippen molar-refractivity contribution in [2.75, 3.05) is 29.6 Å². The molecule has 7 nitrogen and oxygen atoms in total. The van der Waals surface area contributed by atoms with Crippen molar-refractivity contribution in [2.24, 2.45) is 0 Å². The second-order valence-corrected chi connectivity index (χ2v) is 6.46. The van der Waals surface area contributed by atoms with Gasteiger partial charge in [0.1, 0.15) is 0 Å². The van der Waals surface area contributed by atoms with Crippen molar-refractivity contribution in [1.29, 1.82) is 0 Å². The Morgan fingerprint density at radius 3 is 2.25 bits per heavy atom. The molecule has 0 atom stereocenters. The lowest BCUT2D eigenvalue weighted by Crippen LogP contribution is -2.15. The third-order valence-electron chi connectivity index (χ3n) is 4.08. The van der Waals surface area contributed by atoms with Crippen LogP contribution >= 0.6 is 0 Å². The van der Waals surface area contributed by atoms with Crippen molar-refractivity contribution in [1.82, 2.24) is 10.2 Å². The Morgan fingerprint density at radius 1 is 0.893 bits per heavy atom. The number of anilines is 4. The first-order chi connectivity index (χ1) is 13.4. The number of hydrogen-bond donors (Lipinski definition) is 2. The Bertz CT molecular complexity index is 982. The molecule has 142 valence electrons. The summed E-state index contributed by atoms with van der Waals surface area (Å²) in [5.41, 5.74) is 3.21. The molecule has 0 aliphatic rings. The van der Waals surface area contributed by atoms with E-state index in [-0.39, 0.29) is 11.5 Å². The second-order valence-electron chi connectivity index (χ2n) is 6.46. The second kappa shape index (κ2) is 8.30. The molecule has 0 spiro atoms. The quantitative estimate of drug-likeness (QED) is 0.638. The van der Waals surface area contributed by atoms with Gasteiger partial charge in [0.05, 0.1) is 0 Å². The molecule has 0 aliphatic heterocycles. The maximum atomic E-state index is 12.3. The van der Waals surface area contributed by atoms with Crippen molar-refractivity contribution in [3.8, 4) is 0 Å². The van der Waals surface area contributed by atoms with E-state index in [2.05, 4.69) is 20.8 Å². The fourth-order valence-corrected chi connectivity index (χ4v) is 2.52. The van der Waals surface area contributed by atoms with Crippen LogP contribution in [0.25, 0.3) is 0 Å². The van der Waals surface area contributed by atoms with E-state index in [1.54, 1.807) is 36.4 Å². The van der Waals surface area contributed by atoms with Crippen LogP contribution in [0.15, 0.2) is 60.7 Å². The fourth-order valence-electron chi connectivity index (χ4n) is 2.52. The zero-order valence-corrected chi connectivity index (χ0v) is 15.9. The molecule has 3 aromatic rings. The van der Waals surface area contributed by atoms with Crippen LogP contribution in [0.5, 0.6) is 0 Å². The molecule has 0 bridgehead atoms. The lowest BCUT2D eigenvalue weighted by Gasteiger charge is -2.13. The SMILES string of the molecule is CC(=O)c1cccc(NC(=O)c2ccc(Nc3ccc(N(C)C)cc3)nn2)c1. The first kappa shape index (κ1) is 19.0. The summed E-state index contributed by atoms with van der Waals surface area (Å²) >= 11 is 0. The van der Waals surface area contributed by atoms with Gasteiger partial charge in [-0.25, -0.2) is 0 Å². The summed E-state index contributed by atoms with van der Waals surface area (Å²) in [4.78, 5) is 25.8. The van der Waals surface area contributed by atoms with Gasteiger partial charge in [-0.1, -0.05) is 12.1 Å². The van der Waals surface area contributed by atoms with Crippen LogP contribution in [-0.2, 0) is 0 Å². The van der Waals surface area contributed by atoms with Crippen molar-refractivity contribution in [3.63, 3.8) is 0 Å². The Labute approximate surface area is 163 Å². The van der Waals surface area contributed by atoms with Crippen LogP contribution in [-0.4, -0.2) is 36.0 Å². The summed E-state index contributed by atoms with van der Waals surface area (Å²) < 4.78 is 0. The van der Waals surface area contributed by atoms with Gasteiger partial charge in [0.25, 0.3) is 5.91 Å². The molecule has 3 rings (SSSR count). The van der Waals surface area contributed by atoms with Gasteiger partial charge in [0, 0.05) is 36.7 Å². The highest BCUT2D eigenvalue weighted by Crippen LogP contribution is 2.19. The Hall–Kier alpha value is -3.74. The van der Waals surface area contributed by atoms with Crippen LogP contribution in [0.2, 0.25) is 0 Å². The van der Waals surface area contributed by atoms with Gasteiger partial charge < -0.3 is 15.5 Å². The molecule has 7 heteroatoms. The third kappa shape index (κ3) is 4.70. The summed E-state index contributed by atoms with van der Waals surface area (Å²) in [7, 11) is 3.96. The summed E-state index contributed by atoms with van der Waals surface area (Å²) in [6, 6.07) is 17.9.